The molecule has 2 heteroatoms. The number of fused-ring (bicyclic) bond motifs is 1. The molecule has 1 N–H and O–H groups in total. The van der Waals surface area contributed by atoms with Gasteiger partial charge in [0.1, 0.15) is 0 Å². The summed E-state index contributed by atoms with van der Waals surface area (Å²) in [5.41, 5.74) is 2.92. The van der Waals surface area contributed by atoms with Crippen LogP contribution in [0.25, 0.3) is 21.9 Å². The van der Waals surface area contributed by atoms with E-state index in [9.17, 15) is 9.90 Å². The van der Waals surface area contributed by atoms with Crippen LogP contribution in [0.2, 0.25) is 0 Å². The van der Waals surface area contributed by atoms with Gasteiger partial charge in [0.15, 0.2) is 0 Å². The molecule has 0 atom stereocenters. The van der Waals surface area contributed by atoms with Crippen LogP contribution in [0.4, 0.5) is 0 Å². The van der Waals surface area contributed by atoms with E-state index >= 15 is 0 Å². The third-order valence-corrected chi connectivity index (χ3v) is 3.45. The molecule has 0 bridgehead atoms. The van der Waals surface area contributed by atoms with Crippen molar-refractivity contribution in [3.05, 3.63) is 72.3 Å². The summed E-state index contributed by atoms with van der Waals surface area (Å²) >= 11 is 0. The summed E-state index contributed by atoms with van der Waals surface area (Å²) in [7, 11) is 0. The van der Waals surface area contributed by atoms with Gasteiger partial charge in [-0.3, -0.25) is 4.79 Å². The largest absolute Gasteiger partial charge is 0.481 e. The summed E-state index contributed by atoms with van der Waals surface area (Å²) in [5, 5.41) is 11.3. The zero-order valence-corrected chi connectivity index (χ0v) is 10.9. The first-order valence-corrected chi connectivity index (χ1v) is 6.53. The molecule has 3 aromatic carbocycles. The third kappa shape index (κ3) is 2.28. The lowest BCUT2D eigenvalue weighted by Gasteiger charge is -2.12. The molecular weight excluding hydrogens is 248 g/mol. The Kier molecular flexibility index (Phi) is 3.21. The van der Waals surface area contributed by atoms with E-state index in [1.807, 2.05) is 66.7 Å². The third-order valence-electron chi connectivity index (χ3n) is 3.45. The number of hydrogen-bond donors (Lipinski definition) is 1. The molecule has 0 heterocycles. The van der Waals surface area contributed by atoms with Crippen LogP contribution in [0.15, 0.2) is 66.7 Å². The Bertz CT molecular complexity index is 761. The molecule has 0 aliphatic carbocycles. The van der Waals surface area contributed by atoms with Crippen molar-refractivity contribution in [2.24, 2.45) is 0 Å². The van der Waals surface area contributed by atoms with E-state index in [2.05, 4.69) is 0 Å². The molecular formula is C18H14O2. The minimum absolute atomic E-state index is 0.0333. The van der Waals surface area contributed by atoms with Crippen LogP contribution in [-0.2, 0) is 11.2 Å². The summed E-state index contributed by atoms with van der Waals surface area (Å²) < 4.78 is 0. The quantitative estimate of drug-likeness (QED) is 0.770. The molecule has 0 unspecified atom stereocenters. The molecule has 0 saturated heterocycles. The summed E-state index contributed by atoms with van der Waals surface area (Å²) in [6.07, 6.45) is 0.0333. The van der Waals surface area contributed by atoms with Gasteiger partial charge < -0.3 is 5.11 Å². The van der Waals surface area contributed by atoms with Crippen LogP contribution >= 0.6 is 0 Å². The number of rotatable bonds is 3. The number of hydrogen-bond acceptors (Lipinski definition) is 1. The first-order chi connectivity index (χ1) is 9.75. The van der Waals surface area contributed by atoms with Crippen LogP contribution in [0.5, 0.6) is 0 Å². The highest BCUT2D eigenvalue weighted by molar-refractivity contribution is 5.94. The van der Waals surface area contributed by atoms with Crippen molar-refractivity contribution in [1.29, 1.82) is 0 Å². The van der Waals surface area contributed by atoms with E-state index in [-0.39, 0.29) is 6.42 Å². The van der Waals surface area contributed by atoms with Crippen LogP contribution in [0.1, 0.15) is 5.56 Å². The second-order valence-electron chi connectivity index (χ2n) is 4.75. The average Bonchev–Trinajstić information content (AvgIpc) is 2.48. The molecule has 0 aliphatic heterocycles. The molecule has 0 aromatic heterocycles. The van der Waals surface area contributed by atoms with Gasteiger partial charge in [-0.15, -0.1) is 0 Å². The molecule has 3 rings (SSSR count). The van der Waals surface area contributed by atoms with Crippen molar-refractivity contribution in [2.75, 3.05) is 0 Å². The Balaban J connectivity index is 2.28. The number of carbonyl (C=O) groups is 1. The van der Waals surface area contributed by atoms with E-state index in [0.717, 1.165) is 27.5 Å². The lowest BCUT2D eigenvalue weighted by atomic mass is 9.92. The van der Waals surface area contributed by atoms with Crippen molar-refractivity contribution in [1.82, 2.24) is 0 Å². The fourth-order valence-electron chi connectivity index (χ4n) is 2.57. The second-order valence-corrected chi connectivity index (χ2v) is 4.75. The van der Waals surface area contributed by atoms with Crippen LogP contribution in [-0.4, -0.2) is 11.1 Å². The maximum Gasteiger partial charge on any atom is 0.307 e. The van der Waals surface area contributed by atoms with Gasteiger partial charge in [-0.25, -0.2) is 0 Å². The summed E-state index contributed by atoms with van der Waals surface area (Å²) in [4.78, 5) is 11.2. The topological polar surface area (TPSA) is 37.3 Å². The van der Waals surface area contributed by atoms with Gasteiger partial charge in [0.05, 0.1) is 6.42 Å². The fourth-order valence-corrected chi connectivity index (χ4v) is 2.57. The van der Waals surface area contributed by atoms with Crippen LogP contribution < -0.4 is 0 Å². The highest BCUT2D eigenvalue weighted by atomic mass is 16.4. The molecule has 0 radical (unpaired) electrons. The monoisotopic (exact) mass is 262 g/mol. The minimum atomic E-state index is -0.807. The first-order valence-electron chi connectivity index (χ1n) is 6.53. The standard InChI is InChI=1S/C18H14O2/c19-18(20)12-17-15-9-5-4-8-14(15)10-11-16(17)13-6-2-1-3-7-13/h1-11H,12H2,(H,19,20). The molecule has 2 nitrogen and oxygen atoms in total. The Morgan fingerprint density at radius 3 is 2.30 bits per heavy atom. The van der Waals surface area contributed by atoms with Crippen molar-refractivity contribution in [2.45, 2.75) is 6.42 Å². The first kappa shape index (κ1) is 12.4. The lowest BCUT2D eigenvalue weighted by Crippen LogP contribution is -2.02. The number of benzene rings is 3. The van der Waals surface area contributed by atoms with Gasteiger partial charge in [0, 0.05) is 0 Å². The average molecular weight is 262 g/mol. The van der Waals surface area contributed by atoms with E-state index in [1.54, 1.807) is 0 Å². The van der Waals surface area contributed by atoms with Crippen molar-refractivity contribution < 1.29 is 9.90 Å². The van der Waals surface area contributed by atoms with Gasteiger partial charge in [0.25, 0.3) is 0 Å². The predicted octanol–water partition coefficient (Wildman–Crippen LogP) is 4.13. The summed E-state index contributed by atoms with van der Waals surface area (Å²) in [6, 6.07) is 21.9. The van der Waals surface area contributed by atoms with Crippen molar-refractivity contribution >= 4 is 16.7 Å². The number of carboxylic acids is 1. The second kappa shape index (κ2) is 5.17. The summed E-state index contributed by atoms with van der Waals surface area (Å²) in [6.45, 7) is 0. The smallest absolute Gasteiger partial charge is 0.307 e. The van der Waals surface area contributed by atoms with E-state index in [4.69, 9.17) is 0 Å². The molecule has 0 fully saturated rings. The maximum absolute atomic E-state index is 11.2. The van der Waals surface area contributed by atoms with Crippen LogP contribution in [0.3, 0.4) is 0 Å². The Labute approximate surface area is 117 Å². The zero-order chi connectivity index (χ0) is 13.9. The molecule has 0 spiro atoms. The molecule has 0 amide bonds. The Morgan fingerprint density at radius 2 is 1.55 bits per heavy atom. The zero-order valence-electron chi connectivity index (χ0n) is 10.9. The highest BCUT2D eigenvalue weighted by Crippen LogP contribution is 2.30. The molecule has 0 saturated carbocycles. The van der Waals surface area contributed by atoms with Crippen molar-refractivity contribution in [3.63, 3.8) is 0 Å². The van der Waals surface area contributed by atoms with Crippen molar-refractivity contribution in [3.8, 4) is 11.1 Å². The molecule has 20 heavy (non-hydrogen) atoms. The Morgan fingerprint density at radius 1 is 0.850 bits per heavy atom. The molecule has 3 aromatic rings. The number of aliphatic carboxylic acids is 1. The fraction of sp³-hybridized carbons (Fsp3) is 0.0556. The van der Waals surface area contributed by atoms with Crippen LogP contribution in [0, 0.1) is 0 Å². The van der Waals surface area contributed by atoms with E-state index in [0.29, 0.717) is 0 Å². The highest BCUT2D eigenvalue weighted by Gasteiger charge is 2.12. The lowest BCUT2D eigenvalue weighted by molar-refractivity contribution is -0.136. The molecule has 0 aliphatic rings. The Hall–Kier alpha value is -2.61. The minimum Gasteiger partial charge on any atom is -0.481 e. The van der Waals surface area contributed by atoms with Gasteiger partial charge in [-0.2, -0.15) is 0 Å². The van der Waals surface area contributed by atoms with Gasteiger partial charge in [0.2, 0.25) is 0 Å². The van der Waals surface area contributed by atoms with Gasteiger partial charge >= 0.3 is 5.97 Å². The summed E-state index contributed by atoms with van der Waals surface area (Å²) in [5.74, 6) is -0.807. The van der Waals surface area contributed by atoms with Gasteiger partial charge in [-0.05, 0) is 27.5 Å². The van der Waals surface area contributed by atoms with E-state index < -0.39 is 5.97 Å². The predicted molar refractivity (Wildman–Crippen MR) is 80.7 cm³/mol. The maximum atomic E-state index is 11.2. The molecule has 98 valence electrons. The van der Waals surface area contributed by atoms with Gasteiger partial charge in [-0.1, -0.05) is 66.7 Å². The SMILES string of the molecule is O=C(O)Cc1c(-c2ccccc2)ccc2ccccc12. The van der Waals surface area contributed by atoms with E-state index in [1.165, 1.54) is 0 Å². The number of carboxylic acid groups (broad SMARTS) is 1. The normalized spacial score (nSPS) is 10.6.